The first-order valence-corrected chi connectivity index (χ1v) is 7.06. The van der Waals surface area contributed by atoms with E-state index in [1.807, 2.05) is 62.4 Å². The monoisotopic (exact) mass is 292 g/mol. The van der Waals surface area contributed by atoms with Crippen LogP contribution >= 0.6 is 0 Å². The molecule has 1 fully saturated rings. The summed E-state index contributed by atoms with van der Waals surface area (Å²) >= 11 is 0. The van der Waals surface area contributed by atoms with Crippen LogP contribution in [0.3, 0.4) is 0 Å². The zero-order valence-corrected chi connectivity index (χ0v) is 12.5. The molecule has 4 heteroatoms. The first-order valence-electron chi connectivity index (χ1n) is 7.06. The fourth-order valence-corrected chi connectivity index (χ4v) is 2.32. The molecule has 0 spiro atoms. The van der Waals surface area contributed by atoms with Gasteiger partial charge in [0.2, 0.25) is 0 Å². The first kappa shape index (κ1) is 14.1. The van der Waals surface area contributed by atoms with Gasteiger partial charge in [0.1, 0.15) is 5.57 Å². The molecule has 1 heterocycles. The molecule has 110 valence electrons. The zero-order chi connectivity index (χ0) is 15.7. The number of hydrogen-bond acceptors (Lipinski definition) is 2. The molecule has 0 bridgehead atoms. The number of aryl methyl sites for hydroxylation is 2. The maximum Gasteiger partial charge on any atom is 0.282 e. The van der Waals surface area contributed by atoms with Gasteiger partial charge in [0.05, 0.1) is 5.69 Å². The molecular weight excluding hydrogens is 276 g/mol. The molecule has 1 aliphatic heterocycles. The Bertz CT molecular complexity index is 779. The molecule has 1 N–H and O–H groups in total. The summed E-state index contributed by atoms with van der Waals surface area (Å²) in [7, 11) is 0. The lowest BCUT2D eigenvalue weighted by atomic mass is 10.1. The number of carbonyl (C=O) groups is 2. The quantitative estimate of drug-likeness (QED) is 0.683. The molecule has 0 aliphatic carbocycles. The number of hydrazine groups is 1. The van der Waals surface area contributed by atoms with Crippen LogP contribution in [0.5, 0.6) is 0 Å². The second-order valence-corrected chi connectivity index (χ2v) is 5.32. The highest BCUT2D eigenvalue weighted by atomic mass is 16.2. The molecule has 22 heavy (non-hydrogen) atoms. The van der Waals surface area contributed by atoms with Crippen molar-refractivity contribution in [2.24, 2.45) is 0 Å². The van der Waals surface area contributed by atoms with Gasteiger partial charge in [0, 0.05) is 0 Å². The molecule has 2 amide bonds. The van der Waals surface area contributed by atoms with E-state index in [2.05, 4.69) is 5.43 Å². The summed E-state index contributed by atoms with van der Waals surface area (Å²) < 4.78 is 0. The molecule has 2 aromatic rings. The largest absolute Gasteiger partial charge is 0.282 e. The van der Waals surface area contributed by atoms with Gasteiger partial charge in [-0.05, 0) is 48.7 Å². The Labute approximate surface area is 129 Å². The summed E-state index contributed by atoms with van der Waals surface area (Å²) in [6.45, 7) is 3.98. The van der Waals surface area contributed by atoms with Crippen LogP contribution in [0.4, 0.5) is 5.69 Å². The minimum Gasteiger partial charge on any atom is -0.267 e. The molecule has 3 rings (SSSR count). The van der Waals surface area contributed by atoms with E-state index in [0.717, 1.165) is 16.7 Å². The molecule has 0 aromatic heterocycles. The fourth-order valence-electron chi connectivity index (χ4n) is 2.32. The summed E-state index contributed by atoms with van der Waals surface area (Å²) in [5.41, 5.74) is 6.45. The van der Waals surface area contributed by atoms with Gasteiger partial charge in [-0.2, -0.15) is 0 Å². The summed E-state index contributed by atoms with van der Waals surface area (Å²) in [5, 5.41) is 1.30. The number of nitrogens with one attached hydrogen (secondary N) is 1. The topological polar surface area (TPSA) is 49.4 Å². The van der Waals surface area contributed by atoms with Crippen molar-refractivity contribution < 1.29 is 9.59 Å². The predicted octanol–water partition coefficient (Wildman–Crippen LogP) is 2.76. The Morgan fingerprint density at radius 3 is 2.36 bits per heavy atom. The average Bonchev–Trinajstić information content (AvgIpc) is 2.79. The van der Waals surface area contributed by atoms with Crippen LogP contribution in [-0.2, 0) is 9.59 Å². The second-order valence-electron chi connectivity index (χ2n) is 5.32. The van der Waals surface area contributed by atoms with Crippen LogP contribution < -0.4 is 10.4 Å². The Hall–Kier alpha value is -2.88. The fraction of sp³-hybridized carbons (Fsp3) is 0.111. The van der Waals surface area contributed by atoms with E-state index in [4.69, 9.17) is 0 Å². The summed E-state index contributed by atoms with van der Waals surface area (Å²) in [5.74, 6) is -0.718. The van der Waals surface area contributed by atoms with Crippen molar-refractivity contribution in [2.45, 2.75) is 13.8 Å². The molecule has 0 unspecified atom stereocenters. The molecule has 1 saturated heterocycles. The number of anilines is 1. The van der Waals surface area contributed by atoms with Crippen molar-refractivity contribution in [1.82, 2.24) is 5.43 Å². The van der Waals surface area contributed by atoms with Gasteiger partial charge in [0.15, 0.2) is 0 Å². The molecule has 0 radical (unpaired) electrons. The van der Waals surface area contributed by atoms with Crippen LogP contribution in [0.2, 0.25) is 0 Å². The van der Waals surface area contributed by atoms with Gasteiger partial charge in [-0.1, -0.05) is 36.4 Å². The van der Waals surface area contributed by atoms with Gasteiger partial charge in [-0.25, -0.2) is 5.01 Å². The van der Waals surface area contributed by atoms with Crippen molar-refractivity contribution in [3.05, 3.63) is 70.8 Å². The van der Waals surface area contributed by atoms with Crippen LogP contribution in [0, 0.1) is 13.8 Å². The summed E-state index contributed by atoms with van der Waals surface area (Å²) in [6.07, 6.45) is 1.61. The molecule has 4 nitrogen and oxygen atoms in total. The lowest BCUT2D eigenvalue weighted by Crippen LogP contribution is -2.35. The third-order valence-corrected chi connectivity index (χ3v) is 3.75. The molecule has 0 atom stereocenters. The average molecular weight is 292 g/mol. The SMILES string of the molecule is Cc1ccc(N2NC(=O)/C(=C/c3ccccc3)C2=O)cc1C. The van der Waals surface area contributed by atoms with Crippen molar-refractivity contribution in [3.63, 3.8) is 0 Å². The van der Waals surface area contributed by atoms with Crippen molar-refractivity contribution >= 4 is 23.6 Å². The lowest BCUT2D eigenvalue weighted by molar-refractivity contribution is -0.117. The van der Waals surface area contributed by atoms with Crippen LogP contribution in [-0.4, -0.2) is 11.8 Å². The van der Waals surface area contributed by atoms with Crippen molar-refractivity contribution in [1.29, 1.82) is 0 Å². The van der Waals surface area contributed by atoms with E-state index in [9.17, 15) is 9.59 Å². The Balaban J connectivity index is 1.94. The van der Waals surface area contributed by atoms with Crippen molar-refractivity contribution in [3.8, 4) is 0 Å². The van der Waals surface area contributed by atoms with Crippen molar-refractivity contribution in [2.75, 3.05) is 5.01 Å². The number of hydrogen-bond donors (Lipinski definition) is 1. The molecule has 0 saturated carbocycles. The zero-order valence-electron chi connectivity index (χ0n) is 12.5. The highest BCUT2D eigenvalue weighted by Gasteiger charge is 2.34. The standard InChI is InChI=1S/C18H16N2O2/c1-12-8-9-15(10-13(12)2)20-18(22)16(17(21)19-20)11-14-6-4-3-5-7-14/h3-11H,1-2H3,(H,19,21)/b16-11-. The van der Waals surface area contributed by atoms with Gasteiger partial charge in [-0.15, -0.1) is 0 Å². The molecule has 2 aromatic carbocycles. The summed E-state index contributed by atoms with van der Waals surface area (Å²) in [4.78, 5) is 24.6. The first-order chi connectivity index (χ1) is 10.6. The van der Waals surface area contributed by atoms with Gasteiger partial charge < -0.3 is 0 Å². The normalized spacial score (nSPS) is 16.3. The maximum absolute atomic E-state index is 12.5. The number of amides is 2. The van der Waals surface area contributed by atoms with E-state index in [-0.39, 0.29) is 17.4 Å². The highest BCUT2D eigenvalue weighted by Crippen LogP contribution is 2.23. The molecular formula is C18H16N2O2. The maximum atomic E-state index is 12.5. The third-order valence-electron chi connectivity index (χ3n) is 3.75. The van der Waals surface area contributed by atoms with E-state index >= 15 is 0 Å². The number of benzene rings is 2. The predicted molar refractivity (Wildman–Crippen MR) is 86.0 cm³/mol. The van der Waals surface area contributed by atoms with Gasteiger partial charge >= 0.3 is 0 Å². The second kappa shape index (κ2) is 5.48. The number of nitrogens with zero attached hydrogens (tertiary/aromatic N) is 1. The smallest absolute Gasteiger partial charge is 0.267 e. The Kier molecular flexibility index (Phi) is 3.51. The molecule has 1 aliphatic rings. The van der Waals surface area contributed by atoms with Crippen LogP contribution in [0.25, 0.3) is 6.08 Å². The van der Waals surface area contributed by atoms with Crippen LogP contribution in [0.1, 0.15) is 16.7 Å². The Morgan fingerprint density at radius 2 is 1.68 bits per heavy atom. The van der Waals surface area contributed by atoms with E-state index in [0.29, 0.717) is 5.69 Å². The van der Waals surface area contributed by atoms with E-state index in [1.165, 1.54) is 5.01 Å². The van der Waals surface area contributed by atoms with Crippen LogP contribution in [0.15, 0.2) is 54.1 Å². The lowest BCUT2D eigenvalue weighted by Gasteiger charge is -2.15. The highest BCUT2D eigenvalue weighted by molar-refractivity contribution is 6.31. The van der Waals surface area contributed by atoms with Gasteiger partial charge in [-0.3, -0.25) is 15.0 Å². The minimum atomic E-state index is -0.382. The minimum absolute atomic E-state index is 0.143. The van der Waals surface area contributed by atoms with Gasteiger partial charge in [0.25, 0.3) is 11.8 Å². The Morgan fingerprint density at radius 1 is 0.955 bits per heavy atom. The van der Waals surface area contributed by atoms with E-state index in [1.54, 1.807) is 6.08 Å². The van der Waals surface area contributed by atoms with E-state index < -0.39 is 0 Å². The summed E-state index contributed by atoms with van der Waals surface area (Å²) in [6, 6.07) is 15.0. The number of carbonyl (C=O) groups excluding carboxylic acids is 2. The third kappa shape index (κ3) is 2.51. The number of rotatable bonds is 2.